The Morgan fingerprint density at radius 1 is 1.38 bits per heavy atom. The molecule has 1 amide bonds. The Hall–Kier alpha value is -1.43. The standard InChI is InChI=1S/C15H19BrN2O3/c1-11-7-12(9-14(8-11)18(20)21)15(19)17-6-4-2-3-5-13(17)10-16/h7-9,13H,2-6,10H2,1H3. The van der Waals surface area contributed by atoms with Crippen LogP contribution in [0.5, 0.6) is 0 Å². The summed E-state index contributed by atoms with van der Waals surface area (Å²) in [5.41, 5.74) is 1.12. The second-order valence-corrected chi connectivity index (χ2v) is 6.12. The molecule has 0 N–H and O–H groups in total. The monoisotopic (exact) mass is 354 g/mol. The van der Waals surface area contributed by atoms with E-state index in [1.807, 2.05) is 4.90 Å². The average Bonchev–Trinajstić information content (AvgIpc) is 2.70. The van der Waals surface area contributed by atoms with E-state index in [1.165, 1.54) is 12.1 Å². The van der Waals surface area contributed by atoms with Crippen molar-refractivity contribution in [3.63, 3.8) is 0 Å². The minimum absolute atomic E-state index is 0.0245. The predicted molar refractivity (Wildman–Crippen MR) is 84.9 cm³/mol. The van der Waals surface area contributed by atoms with Crippen molar-refractivity contribution in [2.75, 3.05) is 11.9 Å². The Kier molecular flexibility index (Phi) is 5.33. The summed E-state index contributed by atoms with van der Waals surface area (Å²) >= 11 is 3.48. The van der Waals surface area contributed by atoms with Crippen molar-refractivity contribution in [3.8, 4) is 0 Å². The van der Waals surface area contributed by atoms with E-state index in [4.69, 9.17) is 0 Å². The third kappa shape index (κ3) is 3.81. The Labute approximate surface area is 132 Å². The molecule has 1 aromatic rings. The number of halogens is 1. The number of non-ortho nitro benzene ring substituents is 1. The van der Waals surface area contributed by atoms with Gasteiger partial charge < -0.3 is 4.90 Å². The van der Waals surface area contributed by atoms with Crippen LogP contribution in [0.25, 0.3) is 0 Å². The number of nitro groups is 1. The van der Waals surface area contributed by atoms with Crippen molar-refractivity contribution in [3.05, 3.63) is 39.4 Å². The van der Waals surface area contributed by atoms with Gasteiger partial charge in [-0.05, 0) is 31.4 Å². The van der Waals surface area contributed by atoms with Crippen molar-refractivity contribution in [2.24, 2.45) is 0 Å². The number of nitro benzene ring substituents is 1. The van der Waals surface area contributed by atoms with Crippen LogP contribution < -0.4 is 0 Å². The van der Waals surface area contributed by atoms with Crippen LogP contribution in [0.15, 0.2) is 18.2 Å². The molecule has 21 heavy (non-hydrogen) atoms. The van der Waals surface area contributed by atoms with Crippen molar-refractivity contribution < 1.29 is 9.72 Å². The lowest BCUT2D eigenvalue weighted by atomic mass is 10.1. The molecule has 6 heteroatoms. The largest absolute Gasteiger partial charge is 0.335 e. The second kappa shape index (κ2) is 7.02. The molecule has 0 saturated carbocycles. The maximum atomic E-state index is 12.7. The van der Waals surface area contributed by atoms with Gasteiger partial charge in [-0.3, -0.25) is 14.9 Å². The Morgan fingerprint density at radius 2 is 2.14 bits per heavy atom. The van der Waals surface area contributed by atoms with Crippen LogP contribution in [0.3, 0.4) is 0 Å². The molecule has 0 spiro atoms. The normalized spacial score (nSPS) is 19.1. The number of amides is 1. The summed E-state index contributed by atoms with van der Waals surface area (Å²) in [5.74, 6) is -0.104. The first-order chi connectivity index (χ1) is 10.0. The van der Waals surface area contributed by atoms with Gasteiger partial charge in [-0.1, -0.05) is 28.8 Å². The third-order valence-electron chi connectivity index (χ3n) is 3.84. The molecule has 1 saturated heterocycles. The fourth-order valence-corrected chi connectivity index (χ4v) is 3.44. The summed E-state index contributed by atoms with van der Waals surface area (Å²) in [6, 6.07) is 4.76. The molecule has 1 atom stereocenters. The summed E-state index contributed by atoms with van der Waals surface area (Å²) < 4.78 is 0. The smallest absolute Gasteiger partial charge is 0.270 e. The molecule has 1 aromatic carbocycles. The molecular formula is C15H19BrN2O3. The molecular weight excluding hydrogens is 336 g/mol. The number of alkyl halides is 1. The minimum Gasteiger partial charge on any atom is -0.335 e. The zero-order chi connectivity index (χ0) is 15.4. The van der Waals surface area contributed by atoms with E-state index in [0.29, 0.717) is 5.56 Å². The zero-order valence-electron chi connectivity index (χ0n) is 12.0. The van der Waals surface area contributed by atoms with Gasteiger partial charge in [0.15, 0.2) is 0 Å². The van der Waals surface area contributed by atoms with Gasteiger partial charge in [0.05, 0.1) is 4.92 Å². The summed E-state index contributed by atoms with van der Waals surface area (Å²) in [5, 5.41) is 11.7. The van der Waals surface area contributed by atoms with E-state index < -0.39 is 4.92 Å². The van der Waals surface area contributed by atoms with Crippen molar-refractivity contribution in [1.29, 1.82) is 0 Å². The van der Waals surface area contributed by atoms with Gasteiger partial charge >= 0.3 is 0 Å². The van der Waals surface area contributed by atoms with Crippen LogP contribution in [-0.2, 0) is 0 Å². The molecule has 1 fully saturated rings. The van der Waals surface area contributed by atoms with Crippen LogP contribution in [0, 0.1) is 17.0 Å². The third-order valence-corrected chi connectivity index (χ3v) is 4.58. The molecule has 1 unspecified atom stereocenters. The first kappa shape index (κ1) is 15.9. The number of aryl methyl sites for hydroxylation is 1. The molecule has 0 radical (unpaired) electrons. The van der Waals surface area contributed by atoms with E-state index in [9.17, 15) is 14.9 Å². The number of hydrogen-bond donors (Lipinski definition) is 0. The molecule has 1 aliphatic rings. The van der Waals surface area contributed by atoms with Gasteiger partial charge in [-0.25, -0.2) is 0 Å². The van der Waals surface area contributed by atoms with Crippen LogP contribution in [0.1, 0.15) is 41.6 Å². The summed E-state index contributed by atoms with van der Waals surface area (Å²) in [6.07, 6.45) is 4.21. The quantitative estimate of drug-likeness (QED) is 0.472. The molecule has 114 valence electrons. The van der Waals surface area contributed by atoms with E-state index in [2.05, 4.69) is 15.9 Å². The fourth-order valence-electron chi connectivity index (χ4n) is 2.76. The van der Waals surface area contributed by atoms with Crippen LogP contribution >= 0.6 is 15.9 Å². The number of nitrogens with zero attached hydrogens (tertiary/aromatic N) is 2. The molecule has 1 aliphatic heterocycles. The van der Waals surface area contributed by atoms with Crippen molar-refractivity contribution in [2.45, 2.75) is 38.6 Å². The van der Waals surface area contributed by atoms with Crippen LogP contribution in [-0.4, -0.2) is 33.6 Å². The molecule has 0 aliphatic carbocycles. The van der Waals surface area contributed by atoms with Crippen LogP contribution in [0.4, 0.5) is 5.69 Å². The molecule has 1 heterocycles. The van der Waals surface area contributed by atoms with Gasteiger partial charge in [-0.2, -0.15) is 0 Å². The summed E-state index contributed by atoms with van der Waals surface area (Å²) in [7, 11) is 0. The van der Waals surface area contributed by atoms with Crippen LogP contribution in [0.2, 0.25) is 0 Å². The minimum atomic E-state index is -0.450. The number of likely N-dealkylation sites (tertiary alicyclic amines) is 1. The first-order valence-electron chi connectivity index (χ1n) is 7.16. The number of benzene rings is 1. The van der Waals surface area contributed by atoms with Crippen molar-refractivity contribution in [1.82, 2.24) is 4.90 Å². The van der Waals surface area contributed by atoms with Gasteiger partial charge in [-0.15, -0.1) is 0 Å². The average molecular weight is 355 g/mol. The molecule has 0 aromatic heterocycles. The molecule has 5 nitrogen and oxygen atoms in total. The van der Waals surface area contributed by atoms with Gasteiger partial charge in [0.2, 0.25) is 0 Å². The highest BCUT2D eigenvalue weighted by Gasteiger charge is 2.26. The Bertz CT molecular complexity index is 548. The predicted octanol–water partition coefficient (Wildman–Crippen LogP) is 3.68. The Morgan fingerprint density at radius 3 is 2.81 bits per heavy atom. The molecule has 0 bridgehead atoms. The van der Waals surface area contributed by atoms with E-state index in [-0.39, 0.29) is 17.6 Å². The fraction of sp³-hybridized carbons (Fsp3) is 0.533. The number of carbonyl (C=O) groups is 1. The highest BCUT2D eigenvalue weighted by atomic mass is 79.9. The first-order valence-corrected chi connectivity index (χ1v) is 8.28. The van der Waals surface area contributed by atoms with Gasteiger partial charge in [0.1, 0.15) is 0 Å². The van der Waals surface area contributed by atoms with Gasteiger partial charge in [0.25, 0.3) is 11.6 Å². The zero-order valence-corrected chi connectivity index (χ0v) is 13.6. The van der Waals surface area contributed by atoms with Crippen molar-refractivity contribution >= 4 is 27.5 Å². The number of hydrogen-bond acceptors (Lipinski definition) is 3. The summed E-state index contributed by atoms with van der Waals surface area (Å²) in [4.78, 5) is 25.1. The number of carbonyl (C=O) groups excluding carboxylic acids is 1. The Balaban J connectivity index is 2.31. The lowest BCUT2D eigenvalue weighted by Crippen LogP contribution is -2.41. The SMILES string of the molecule is Cc1cc(C(=O)N2CCCCCC2CBr)cc([N+](=O)[O-])c1. The maximum Gasteiger partial charge on any atom is 0.270 e. The van der Waals surface area contributed by atoms with Gasteiger partial charge in [0, 0.05) is 35.6 Å². The van der Waals surface area contributed by atoms with E-state index in [0.717, 1.165) is 43.1 Å². The van der Waals surface area contributed by atoms with E-state index >= 15 is 0 Å². The lowest BCUT2D eigenvalue weighted by molar-refractivity contribution is -0.384. The second-order valence-electron chi connectivity index (χ2n) is 5.47. The number of rotatable bonds is 3. The highest BCUT2D eigenvalue weighted by Crippen LogP contribution is 2.23. The highest BCUT2D eigenvalue weighted by molar-refractivity contribution is 9.09. The summed E-state index contributed by atoms with van der Waals surface area (Å²) in [6.45, 7) is 2.49. The topological polar surface area (TPSA) is 63.5 Å². The lowest BCUT2D eigenvalue weighted by Gasteiger charge is -2.28. The van der Waals surface area contributed by atoms with E-state index in [1.54, 1.807) is 13.0 Å². The molecule has 2 rings (SSSR count). The maximum absolute atomic E-state index is 12.7.